The second-order valence-electron chi connectivity index (χ2n) is 6.59. The van der Waals surface area contributed by atoms with E-state index in [1.807, 2.05) is 0 Å². The molecule has 18 heavy (non-hydrogen) atoms. The van der Waals surface area contributed by atoms with Crippen molar-refractivity contribution in [2.75, 3.05) is 0 Å². The first-order valence-electron chi connectivity index (χ1n) is 6.87. The second kappa shape index (κ2) is 5.92. The maximum Gasteiger partial charge on any atom is 0.286 e. The highest BCUT2D eigenvalue weighted by molar-refractivity contribution is 6.55. The molecule has 0 saturated heterocycles. The van der Waals surface area contributed by atoms with E-state index in [4.69, 9.17) is 4.43 Å². The average Bonchev–Trinajstić information content (AvgIpc) is 2.24. The van der Waals surface area contributed by atoms with Crippen LogP contribution in [0.3, 0.4) is 0 Å². The van der Waals surface area contributed by atoms with Crippen molar-refractivity contribution in [3.8, 4) is 5.75 Å². The SMILES string of the molecule is CC(C)[Si](Oc1cccc(C(C)(C)C)c1)C(C)C. The van der Waals surface area contributed by atoms with Crippen LogP contribution in [0.15, 0.2) is 24.3 Å². The van der Waals surface area contributed by atoms with Gasteiger partial charge in [-0.2, -0.15) is 0 Å². The van der Waals surface area contributed by atoms with Crippen LogP contribution in [-0.4, -0.2) is 9.04 Å². The molecule has 0 saturated carbocycles. The molecule has 1 rings (SSSR count). The molecule has 0 aliphatic carbocycles. The third kappa shape index (κ3) is 4.16. The first kappa shape index (κ1) is 15.3. The van der Waals surface area contributed by atoms with Crippen LogP contribution in [0.25, 0.3) is 0 Å². The number of hydrogen-bond donors (Lipinski definition) is 0. The Balaban J connectivity index is 2.91. The maximum atomic E-state index is 6.28. The van der Waals surface area contributed by atoms with E-state index in [0.717, 1.165) is 5.75 Å². The summed E-state index contributed by atoms with van der Waals surface area (Å²) in [6.45, 7) is 15.8. The molecule has 0 fully saturated rings. The predicted octanol–water partition coefficient (Wildman–Crippen LogP) is 5.17. The van der Waals surface area contributed by atoms with E-state index in [1.54, 1.807) is 0 Å². The summed E-state index contributed by atoms with van der Waals surface area (Å²) in [6, 6.07) is 8.58. The lowest BCUT2D eigenvalue weighted by Crippen LogP contribution is -2.29. The van der Waals surface area contributed by atoms with Crippen molar-refractivity contribution in [2.24, 2.45) is 0 Å². The Morgan fingerprint density at radius 3 is 2.00 bits per heavy atom. The molecule has 0 N–H and O–H groups in total. The average molecular weight is 263 g/mol. The molecule has 0 spiro atoms. The molecular formula is C16H27OSi. The van der Waals surface area contributed by atoms with Gasteiger partial charge >= 0.3 is 0 Å². The van der Waals surface area contributed by atoms with E-state index < -0.39 is 9.04 Å². The number of benzene rings is 1. The van der Waals surface area contributed by atoms with Crippen molar-refractivity contribution < 1.29 is 4.43 Å². The van der Waals surface area contributed by atoms with Crippen LogP contribution in [-0.2, 0) is 5.41 Å². The van der Waals surface area contributed by atoms with Crippen LogP contribution in [0.1, 0.15) is 54.0 Å². The van der Waals surface area contributed by atoms with Crippen molar-refractivity contribution in [1.29, 1.82) is 0 Å². The molecule has 101 valence electrons. The molecule has 0 aliphatic rings. The summed E-state index contributed by atoms with van der Waals surface area (Å²) in [5, 5.41) is 0. The molecule has 1 aromatic rings. The highest BCUT2D eigenvalue weighted by Gasteiger charge is 2.24. The minimum absolute atomic E-state index is 0.182. The van der Waals surface area contributed by atoms with Crippen LogP contribution >= 0.6 is 0 Å². The van der Waals surface area contributed by atoms with Gasteiger partial charge in [-0.25, -0.2) is 0 Å². The highest BCUT2D eigenvalue weighted by atomic mass is 28.3. The van der Waals surface area contributed by atoms with E-state index in [0.29, 0.717) is 11.1 Å². The van der Waals surface area contributed by atoms with Crippen molar-refractivity contribution >= 4 is 9.04 Å². The van der Waals surface area contributed by atoms with E-state index in [9.17, 15) is 0 Å². The van der Waals surface area contributed by atoms with Gasteiger partial charge in [0.05, 0.1) is 0 Å². The maximum absolute atomic E-state index is 6.28. The Morgan fingerprint density at radius 2 is 1.56 bits per heavy atom. The van der Waals surface area contributed by atoms with Gasteiger partial charge in [0.15, 0.2) is 0 Å². The fraction of sp³-hybridized carbons (Fsp3) is 0.625. The summed E-state index contributed by atoms with van der Waals surface area (Å²) in [5.41, 5.74) is 2.79. The number of rotatable bonds is 4. The van der Waals surface area contributed by atoms with Gasteiger partial charge in [-0.05, 0) is 34.2 Å². The summed E-state index contributed by atoms with van der Waals surface area (Å²) in [5.74, 6) is 1.04. The summed E-state index contributed by atoms with van der Waals surface area (Å²) < 4.78 is 6.28. The minimum Gasteiger partial charge on any atom is -0.541 e. The molecule has 0 amide bonds. The molecule has 0 unspecified atom stereocenters. The van der Waals surface area contributed by atoms with Crippen molar-refractivity contribution in [3.05, 3.63) is 29.8 Å². The van der Waals surface area contributed by atoms with E-state index in [2.05, 4.69) is 72.7 Å². The second-order valence-corrected chi connectivity index (χ2v) is 9.91. The molecule has 0 aromatic heterocycles. The Hall–Kier alpha value is -0.763. The Bertz CT molecular complexity index is 369. The first-order chi connectivity index (χ1) is 8.21. The Morgan fingerprint density at radius 1 is 1.00 bits per heavy atom. The molecule has 0 heterocycles. The van der Waals surface area contributed by atoms with Crippen molar-refractivity contribution in [1.82, 2.24) is 0 Å². The van der Waals surface area contributed by atoms with Crippen LogP contribution in [0.5, 0.6) is 5.75 Å². The van der Waals surface area contributed by atoms with Gasteiger partial charge in [-0.1, -0.05) is 60.6 Å². The molecule has 2 heteroatoms. The normalized spacial score (nSPS) is 12.6. The standard InChI is InChI=1S/C16H27OSi/c1-12(2)18(13(3)4)17-15-10-8-9-14(11-15)16(5,6)7/h8-13H,1-7H3. The number of hydrogen-bond acceptors (Lipinski definition) is 1. The summed E-state index contributed by atoms with van der Waals surface area (Å²) >= 11 is 0. The van der Waals surface area contributed by atoms with Gasteiger partial charge in [0.25, 0.3) is 9.04 Å². The van der Waals surface area contributed by atoms with Gasteiger partial charge in [-0.15, -0.1) is 0 Å². The lowest BCUT2D eigenvalue weighted by molar-refractivity contribution is 0.528. The monoisotopic (exact) mass is 263 g/mol. The minimum atomic E-state index is -0.792. The zero-order valence-electron chi connectivity index (χ0n) is 12.9. The lowest BCUT2D eigenvalue weighted by Gasteiger charge is -2.25. The summed E-state index contributed by atoms with van der Waals surface area (Å²) in [7, 11) is -0.792. The third-order valence-electron chi connectivity index (χ3n) is 3.07. The lowest BCUT2D eigenvalue weighted by atomic mass is 9.87. The smallest absolute Gasteiger partial charge is 0.286 e. The largest absolute Gasteiger partial charge is 0.541 e. The molecule has 0 aliphatic heterocycles. The zero-order valence-corrected chi connectivity index (χ0v) is 13.9. The van der Waals surface area contributed by atoms with Crippen LogP contribution < -0.4 is 4.43 Å². The van der Waals surface area contributed by atoms with Gasteiger partial charge in [0, 0.05) is 0 Å². The van der Waals surface area contributed by atoms with Gasteiger partial charge < -0.3 is 4.43 Å². The van der Waals surface area contributed by atoms with Gasteiger partial charge in [0.1, 0.15) is 5.75 Å². The molecule has 1 nitrogen and oxygen atoms in total. The van der Waals surface area contributed by atoms with Gasteiger partial charge in [-0.3, -0.25) is 0 Å². The van der Waals surface area contributed by atoms with Crippen molar-refractivity contribution in [2.45, 2.75) is 65.0 Å². The molecule has 1 radical (unpaired) electrons. The van der Waals surface area contributed by atoms with E-state index in [1.165, 1.54) is 5.56 Å². The fourth-order valence-electron chi connectivity index (χ4n) is 2.06. The van der Waals surface area contributed by atoms with Crippen LogP contribution in [0.2, 0.25) is 11.1 Å². The quantitative estimate of drug-likeness (QED) is 0.681. The van der Waals surface area contributed by atoms with Crippen molar-refractivity contribution in [3.63, 3.8) is 0 Å². The summed E-state index contributed by atoms with van der Waals surface area (Å²) in [6.07, 6.45) is 0. The van der Waals surface area contributed by atoms with Crippen LogP contribution in [0.4, 0.5) is 0 Å². The molecule has 0 atom stereocenters. The Kier molecular flexibility index (Phi) is 5.03. The zero-order chi connectivity index (χ0) is 13.9. The summed E-state index contributed by atoms with van der Waals surface area (Å²) in [4.78, 5) is 0. The van der Waals surface area contributed by atoms with E-state index in [-0.39, 0.29) is 5.41 Å². The fourth-order valence-corrected chi connectivity index (χ4v) is 4.27. The van der Waals surface area contributed by atoms with E-state index >= 15 is 0 Å². The molecular weight excluding hydrogens is 236 g/mol. The highest BCUT2D eigenvalue weighted by Crippen LogP contribution is 2.28. The van der Waals surface area contributed by atoms with Crippen LogP contribution in [0, 0.1) is 0 Å². The third-order valence-corrected chi connectivity index (χ3v) is 5.82. The topological polar surface area (TPSA) is 9.23 Å². The molecule has 0 bridgehead atoms. The van der Waals surface area contributed by atoms with Gasteiger partial charge in [0.2, 0.25) is 0 Å². The first-order valence-corrected chi connectivity index (χ1v) is 8.43. The molecule has 1 aromatic carbocycles. The predicted molar refractivity (Wildman–Crippen MR) is 81.7 cm³/mol. The Labute approximate surface area is 114 Å².